The lowest BCUT2D eigenvalue weighted by molar-refractivity contribution is -0.139. The van der Waals surface area contributed by atoms with E-state index in [1.165, 1.54) is 24.3 Å². The van der Waals surface area contributed by atoms with Gasteiger partial charge in [-0.1, -0.05) is 32.0 Å². The first-order valence-corrected chi connectivity index (χ1v) is 7.82. The summed E-state index contributed by atoms with van der Waals surface area (Å²) in [5.74, 6) is -1.78. The number of alkyl halides is 3. The average Bonchev–Trinajstić information content (AvgIpc) is 2.51. The summed E-state index contributed by atoms with van der Waals surface area (Å²) in [4.78, 5) is 11.5. The molecular weight excluding hydrogens is 333 g/mol. The molecule has 2 rings (SSSR count). The molecule has 6 heteroatoms. The predicted molar refractivity (Wildman–Crippen MR) is 88.4 cm³/mol. The molecule has 0 fully saturated rings. The van der Waals surface area contributed by atoms with Gasteiger partial charge in [0, 0.05) is 0 Å². The van der Waals surface area contributed by atoms with Crippen molar-refractivity contribution in [1.82, 2.24) is 0 Å². The summed E-state index contributed by atoms with van der Waals surface area (Å²) < 4.78 is 38.0. The minimum absolute atomic E-state index is 0.123. The van der Waals surface area contributed by atoms with Gasteiger partial charge in [0.05, 0.1) is 11.5 Å². The summed E-state index contributed by atoms with van der Waals surface area (Å²) in [5.41, 5.74) is 0.605. The van der Waals surface area contributed by atoms with Gasteiger partial charge in [-0.2, -0.15) is 13.2 Å². The van der Waals surface area contributed by atoms with Crippen LogP contribution in [0.5, 0.6) is 5.75 Å². The molecule has 0 aliphatic carbocycles. The van der Waals surface area contributed by atoms with E-state index in [2.05, 4.69) is 0 Å². The fraction of sp³-hybridized carbons (Fsp3) is 0.316. The van der Waals surface area contributed by atoms with Crippen molar-refractivity contribution in [3.63, 3.8) is 0 Å². The second-order valence-electron chi connectivity index (χ2n) is 6.41. The Labute approximate surface area is 143 Å². The molecule has 25 heavy (non-hydrogen) atoms. The molecule has 0 aliphatic heterocycles. The molecule has 1 unspecified atom stereocenters. The van der Waals surface area contributed by atoms with E-state index in [0.717, 1.165) is 12.1 Å². The molecule has 0 saturated carbocycles. The highest BCUT2D eigenvalue weighted by atomic mass is 19.4. The first-order chi connectivity index (χ1) is 11.6. The first kappa shape index (κ1) is 18.8. The maximum Gasteiger partial charge on any atom is 0.416 e. The Morgan fingerprint density at radius 1 is 1.04 bits per heavy atom. The number of carboxylic acid groups (broad SMARTS) is 1. The van der Waals surface area contributed by atoms with Gasteiger partial charge in [0.25, 0.3) is 0 Å². The number of carbonyl (C=O) groups is 1. The zero-order valence-electron chi connectivity index (χ0n) is 13.8. The van der Waals surface area contributed by atoms with Gasteiger partial charge in [-0.15, -0.1) is 0 Å². The maximum atomic E-state index is 12.7. The van der Waals surface area contributed by atoms with Crippen LogP contribution in [0, 0.1) is 5.92 Å². The Hall–Kier alpha value is -2.50. The smallest absolute Gasteiger partial charge is 0.416 e. The second kappa shape index (κ2) is 7.17. The monoisotopic (exact) mass is 352 g/mol. The summed E-state index contributed by atoms with van der Waals surface area (Å²) in [6.45, 7) is 3.80. The molecule has 1 atom stereocenters. The maximum absolute atomic E-state index is 12.7. The molecule has 0 spiro atoms. The van der Waals surface area contributed by atoms with Crippen molar-refractivity contribution < 1.29 is 28.2 Å². The molecule has 2 N–H and O–H groups in total. The highest BCUT2D eigenvalue weighted by molar-refractivity contribution is 5.78. The topological polar surface area (TPSA) is 57.5 Å². The largest absolute Gasteiger partial charge is 0.508 e. The molecule has 0 heterocycles. The molecule has 0 saturated heterocycles. The molecule has 3 nitrogen and oxygen atoms in total. The zero-order chi connectivity index (χ0) is 18.8. The number of aromatic hydroxyl groups is 1. The fourth-order valence-electron chi connectivity index (χ4n) is 2.71. The van der Waals surface area contributed by atoms with E-state index in [4.69, 9.17) is 0 Å². The normalized spacial score (nSPS) is 13.0. The summed E-state index contributed by atoms with van der Waals surface area (Å²) in [5, 5.41) is 19.4. The van der Waals surface area contributed by atoms with Crippen LogP contribution < -0.4 is 0 Å². The van der Waals surface area contributed by atoms with E-state index in [1.54, 1.807) is 6.07 Å². The van der Waals surface area contributed by atoms with Gasteiger partial charge in [0.1, 0.15) is 5.75 Å². The van der Waals surface area contributed by atoms with Crippen molar-refractivity contribution in [1.29, 1.82) is 0 Å². The van der Waals surface area contributed by atoms with Crippen LogP contribution in [0.4, 0.5) is 13.2 Å². The summed E-state index contributed by atoms with van der Waals surface area (Å²) in [7, 11) is 0. The molecular formula is C19H19F3O3. The number of aliphatic carboxylic acids is 1. The Morgan fingerprint density at radius 2 is 1.64 bits per heavy atom. The van der Waals surface area contributed by atoms with Gasteiger partial charge in [-0.05, 0) is 53.3 Å². The number of rotatable bonds is 5. The lowest BCUT2D eigenvalue weighted by Gasteiger charge is -2.17. The molecule has 0 aliphatic rings. The number of hydrogen-bond acceptors (Lipinski definition) is 2. The molecule has 0 amide bonds. The second-order valence-corrected chi connectivity index (χ2v) is 6.41. The van der Waals surface area contributed by atoms with Crippen LogP contribution in [0.15, 0.2) is 42.5 Å². The fourth-order valence-corrected chi connectivity index (χ4v) is 2.71. The van der Waals surface area contributed by atoms with E-state index in [9.17, 15) is 28.2 Å². The third-order valence-corrected chi connectivity index (χ3v) is 3.89. The predicted octanol–water partition coefficient (Wildman–Crippen LogP) is 5.29. The van der Waals surface area contributed by atoms with Gasteiger partial charge in [0.15, 0.2) is 0 Å². The van der Waals surface area contributed by atoms with Crippen molar-refractivity contribution in [2.75, 3.05) is 0 Å². The van der Waals surface area contributed by atoms with E-state index in [-0.39, 0.29) is 11.7 Å². The highest BCUT2D eigenvalue weighted by Crippen LogP contribution is 2.34. The van der Waals surface area contributed by atoms with Crippen LogP contribution >= 0.6 is 0 Å². The number of halogens is 3. The quantitative estimate of drug-likeness (QED) is 0.768. The van der Waals surface area contributed by atoms with Gasteiger partial charge in [-0.3, -0.25) is 4.79 Å². The Morgan fingerprint density at radius 3 is 2.12 bits per heavy atom. The van der Waals surface area contributed by atoms with Crippen LogP contribution in [0.25, 0.3) is 11.1 Å². The number of benzene rings is 2. The molecule has 0 radical (unpaired) electrons. The minimum atomic E-state index is -4.42. The number of hydrogen-bond donors (Lipinski definition) is 2. The van der Waals surface area contributed by atoms with Crippen molar-refractivity contribution in [2.24, 2.45) is 5.92 Å². The molecule has 134 valence electrons. The SMILES string of the molecule is CC(C)CC(C(=O)O)c1cc(O)cc(-c2ccc(C(F)(F)F)cc2)c1. The van der Waals surface area contributed by atoms with E-state index in [0.29, 0.717) is 23.1 Å². The molecule has 0 aromatic heterocycles. The third kappa shape index (κ3) is 4.75. The van der Waals surface area contributed by atoms with Crippen LogP contribution in [0.2, 0.25) is 0 Å². The van der Waals surface area contributed by atoms with Gasteiger partial charge in [-0.25, -0.2) is 0 Å². The number of phenols is 1. The Balaban J connectivity index is 2.43. The summed E-state index contributed by atoms with van der Waals surface area (Å²) in [6, 6.07) is 8.92. The highest BCUT2D eigenvalue weighted by Gasteiger charge is 2.30. The van der Waals surface area contributed by atoms with E-state index < -0.39 is 23.6 Å². The van der Waals surface area contributed by atoms with Crippen molar-refractivity contribution >= 4 is 5.97 Å². The lowest BCUT2D eigenvalue weighted by atomic mass is 9.88. The number of phenolic OH excluding ortho intramolecular Hbond substituents is 1. The van der Waals surface area contributed by atoms with E-state index >= 15 is 0 Å². The lowest BCUT2D eigenvalue weighted by Crippen LogP contribution is -2.14. The Kier molecular flexibility index (Phi) is 5.40. The standard InChI is InChI=1S/C19H19F3O3/c1-11(2)7-17(18(24)25)14-8-13(9-16(23)10-14)12-3-5-15(6-4-12)19(20,21)22/h3-6,8-11,17,23H,7H2,1-2H3,(H,24,25). The molecule has 2 aromatic carbocycles. The Bertz CT molecular complexity index is 749. The molecule has 0 bridgehead atoms. The van der Waals surface area contributed by atoms with Gasteiger partial charge < -0.3 is 10.2 Å². The van der Waals surface area contributed by atoms with Crippen molar-refractivity contribution in [3.05, 3.63) is 53.6 Å². The van der Waals surface area contributed by atoms with Gasteiger partial charge in [0.2, 0.25) is 0 Å². The van der Waals surface area contributed by atoms with Gasteiger partial charge >= 0.3 is 12.1 Å². The number of carboxylic acids is 1. The van der Waals surface area contributed by atoms with Crippen LogP contribution in [0.1, 0.15) is 37.3 Å². The first-order valence-electron chi connectivity index (χ1n) is 7.82. The average molecular weight is 352 g/mol. The molecule has 2 aromatic rings. The van der Waals surface area contributed by atoms with Crippen molar-refractivity contribution in [3.8, 4) is 16.9 Å². The van der Waals surface area contributed by atoms with Crippen LogP contribution in [-0.2, 0) is 11.0 Å². The van der Waals surface area contributed by atoms with Crippen LogP contribution in [-0.4, -0.2) is 16.2 Å². The minimum Gasteiger partial charge on any atom is -0.508 e. The van der Waals surface area contributed by atoms with Crippen molar-refractivity contribution in [2.45, 2.75) is 32.4 Å². The van der Waals surface area contributed by atoms with E-state index in [1.807, 2.05) is 13.8 Å². The van der Waals surface area contributed by atoms with Crippen LogP contribution in [0.3, 0.4) is 0 Å². The third-order valence-electron chi connectivity index (χ3n) is 3.89. The zero-order valence-corrected chi connectivity index (χ0v) is 13.8. The summed E-state index contributed by atoms with van der Waals surface area (Å²) >= 11 is 0. The summed E-state index contributed by atoms with van der Waals surface area (Å²) in [6.07, 6.45) is -4.03.